The molecule has 0 heterocycles. The monoisotopic (exact) mass is 460 g/mol. The number of fused-ring (bicyclic) bond motifs is 1. The van der Waals surface area contributed by atoms with Gasteiger partial charge in [-0.3, -0.25) is 4.79 Å². The van der Waals surface area contributed by atoms with E-state index in [-0.39, 0.29) is 22.8 Å². The Morgan fingerprint density at radius 1 is 1.06 bits per heavy atom. The first-order chi connectivity index (χ1) is 14.7. The summed E-state index contributed by atoms with van der Waals surface area (Å²) in [5.74, 6) is -0.333. The van der Waals surface area contributed by atoms with Gasteiger partial charge in [-0.05, 0) is 73.2 Å². The second kappa shape index (κ2) is 10.2. The molecule has 1 aliphatic rings. The van der Waals surface area contributed by atoms with Gasteiger partial charge in [-0.15, -0.1) is 11.8 Å². The first-order valence-corrected chi connectivity index (χ1v) is 13.6. The van der Waals surface area contributed by atoms with Gasteiger partial charge in [0.1, 0.15) is 0 Å². The van der Waals surface area contributed by atoms with Crippen LogP contribution in [0.4, 0.5) is 5.69 Å². The van der Waals surface area contributed by atoms with Gasteiger partial charge in [0.25, 0.3) is 0 Å². The van der Waals surface area contributed by atoms with Crippen molar-refractivity contribution in [1.29, 1.82) is 0 Å². The highest BCUT2D eigenvalue weighted by Crippen LogP contribution is 2.30. The van der Waals surface area contributed by atoms with Crippen molar-refractivity contribution in [2.75, 3.05) is 11.6 Å². The number of anilines is 1. The van der Waals surface area contributed by atoms with Crippen LogP contribution in [0.15, 0.2) is 46.2 Å². The van der Waals surface area contributed by atoms with E-state index in [0.717, 1.165) is 23.3 Å². The second-order valence-corrected chi connectivity index (χ2v) is 10.9. The van der Waals surface area contributed by atoms with Crippen molar-refractivity contribution in [3.05, 3.63) is 53.1 Å². The molecule has 0 radical (unpaired) electrons. The highest BCUT2D eigenvalue weighted by molar-refractivity contribution is 7.98. The second-order valence-electron chi connectivity index (χ2n) is 8.32. The Labute approximate surface area is 190 Å². The number of carbonyl (C=O) groups excluding carboxylic acids is 1. The highest BCUT2D eigenvalue weighted by atomic mass is 32.2. The fourth-order valence-electron chi connectivity index (χ4n) is 3.84. The van der Waals surface area contributed by atoms with Crippen LogP contribution in [0, 0.1) is 5.92 Å². The van der Waals surface area contributed by atoms with Crippen molar-refractivity contribution >= 4 is 33.4 Å². The maximum absolute atomic E-state index is 13.2. The van der Waals surface area contributed by atoms with E-state index in [2.05, 4.69) is 22.2 Å². The Morgan fingerprint density at radius 2 is 1.77 bits per heavy atom. The lowest BCUT2D eigenvalue weighted by atomic mass is 9.89. The van der Waals surface area contributed by atoms with E-state index >= 15 is 0 Å². The lowest BCUT2D eigenvalue weighted by Gasteiger charge is -2.22. The molecule has 0 aliphatic heterocycles. The molecular formula is C24H32N2O3S2. The van der Waals surface area contributed by atoms with Gasteiger partial charge in [-0.2, -0.15) is 0 Å². The zero-order valence-electron chi connectivity index (χ0n) is 18.7. The van der Waals surface area contributed by atoms with E-state index in [1.807, 2.05) is 19.2 Å². The molecule has 7 heteroatoms. The number of carbonyl (C=O) groups is 1. The maximum atomic E-state index is 13.2. The number of sulfonamides is 1. The molecule has 0 fully saturated rings. The minimum Gasteiger partial charge on any atom is -0.325 e. The fourth-order valence-corrected chi connectivity index (χ4v) is 5.71. The predicted octanol–water partition coefficient (Wildman–Crippen LogP) is 5.31. The average molecular weight is 461 g/mol. The molecule has 1 amide bonds. The molecule has 3 rings (SSSR count). The van der Waals surface area contributed by atoms with E-state index in [9.17, 15) is 13.2 Å². The summed E-state index contributed by atoms with van der Waals surface area (Å²) in [5.41, 5.74) is 4.24. The van der Waals surface area contributed by atoms with Crippen molar-refractivity contribution in [2.24, 2.45) is 5.92 Å². The van der Waals surface area contributed by atoms with E-state index in [1.165, 1.54) is 35.7 Å². The first-order valence-electron chi connectivity index (χ1n) is 10.9. The van der Waals surface area contributed by atoms with Crippen molar-refractivity contribution < 1.29 is 13.2 Å². The fraction of sp³-hybridized carbons (Fsp3) is 0.458. The van der Waals surface area contributed by atoms with Crippen LogP contribution in [0.5, 0.6) is 0 Å². The third-order valence-corrected chi connectivity index (χ3v) is 8.01. The molecule has 0 aromatic heterocycles. The molecule has 1 atom stereocenters. The molecule has 0 saturated carbocycles. The van der Waals surface area contributed by atoms with Gasteiger partial charge in [0.05, 0.1) is 10.6 Å². The van der Waals surface area contributed by atoms with E-state index in [4.69, 9.17) is 0 Å². The summed E-state index contributed by atoms with van der Waals surface area (Å²) in [6.07, 6.45) is 7.11. The largest absolute Gasteiger partial charge is 0.325 e. The summed E-state index contributed by atoms with van der Waals surface area (Å²) in [6.45, 7) is 5.60. The van der Waals surface area contributed by atoms with E-state index in [1.54, 1.807) is 32.0 Å². The van der Waals surface area contributed by atoms with E-state index in [0.29, 0.717) is 12.1 Å². The molecule has 5 nitrogen and oxygen atoms in total. The number of amides is 1. The normalized spacial score (nSPS) is 14.9. The van der Waals surface area contributed by atoms with Crippen LogP contribution in [-0.2, 0) is 27.7 Å². The number of nitrogens with one attached hydrogen (secondary N) is 2. The van der Waals surface area contributed by atoms with Gasteiger partial charge in [0.15, 0.2) is 0 Å². The predicted molar refractivity (Wildman–Crippen MR) is 128 cm³/mol. The number of aryl methyl sites for hydroxylation is 2. The minimum absolute atomic E-state index is 0.140. The van der Waals surface area contributed by atoms with Crippen molar-refractivity contribution in [2.45, 2.75) is 68.7 Å². The molecular weight excluding hydrogens is 428 g/mol. The standard InChI is InChI=1S/C24H32N2O3S2/c1-5-21(19-11-10-17-8-6-7-9-18(17)14-19)26-31(28,29)20-12-13-23(30-4)22(15-20)25-24(27)16(2)3/h10-16,21,26H,5-9H2,1-4H3,(H,25,27)/t21-/m0/s1. The zero-order valence-corrected chi connectivity index (χ0v) is 20.3. The van der Waals surface area contributed by atoms with Crippen molar-refractivity contribution in [3.8, 4) is 0 Å². The number of hydrogen-bond donors (Lipinski definition) is 2. The number of thioether (sulfide) groups is 1. The Bertz CT molecular complexity index is 1050. The quantitative estimate of drug-likeness (QED) is 0.524. The summed E-state index contributed by atoms with van der Waals surface area (Å²) >= 11 is 1.47. The Hall–Kier alpha value is -1.83. The summed E-state index contributed by atoms with van der Waals surface area (Å²) < 4.78 is 29.3. The molecule has 2 N–H and O–H groups in total. The summed E-state index contributed by atoms with van der Waals surface area (Å²) in [5, 5.41) is 2.85. The van der Waals surface area contributed by atoms with Crippen LogP contribution in [-0.4, -0.2) is 20.6 Å². The van der Waals surface area contributed by atoms with Crippen molar-refractivity contribution in [3.63, 3.8) is 0 Å². The van der Waals surface area contributed by atoms with Crippen molar-refractivity contribution in [1.82, 2.24) is 4.72 Å². The van der Waals surface area contributed by atoms with Gasteiger partial charge in [-0.1, -0.05) is 39.0 Å². The van der Waals surface area contributed by atoms with Gasteiger partial charge in [0, 0.05) is 16.9 Å². The van der Waals surface area contributed by atoms with E-state index < -0.39 is 10.0 Å². The lowest BCUT2D eigenvalue weighted by molar-refractivity contribution is -0.118. The number of rotatable bonds is 8. The van der Waals surface area contributed by atoms with Gasteiger partial charge >= 0.3 is 0 Å². The van der Waals surface area contributed by atoms with Gasteiger partial charge in [0.2, 0.25) is 15.9 Å². The Kier molecular flexibility index (Phi) is 7.83. The third kappa shape index (κ3) is 5.70. The molecule has 0 saturated heterocycles. The average Bonchev–Trinajstić information content (AvgIpc) is 2.77. The summed E-state index contributed by atoms with van der Waals surface area (Å²) in [4.78, 5) is 13.2. The molecule has 0 spiro atoms. The van der Waals surface area contributed by atoms with Crippen LogP contribution >= 0.6 is 11.8 Å². The molecule has 168 valence electrons. The zero-order chi connectivity index (χ0) is 22.6. The van der Waals surface area contributed by atoms with Crippen LogP contribution in [0.2, 0.25) is 0 Å². The lowest BCUT2D eigenvalue weighted by Crippen LogP contribution is -2.29. The third-order valence-electron chi connectivity index (χ3n) is 5.74. The molecule has 2 aromatic rings. The molecule has 0 unspecified atom stereocenters. The number of benzene rings is 2. The van der Waals surface area contributed by atoms with Crippen LogP contribution in [0.1, 0.15) is 62.8 Å². The molecule has 2 aromatic carbocycles. The minimum atomic E-state index is -3.76. The Balaban J connectivity index is 1.87. The van der Waals surface area contributed by atoms with Gasteiger partial charge < -0.3 is 5.32 Å². The summed E-state index contributed by atoms with van der Waals surface area (Å²) in [6, 6.07) is 10.9. The SMILES string of the molecule is CC[C@H](NS(=O)(=O)c1ccc(SC)c(NC(=O)C(C)C)c1)c1ccc2c(c1)CCCC2. The van der Waals surface area contributed by atoms with Crippen LogP contribution in [0.25, 0.3) is 0 Å². The Morgan fingerprint density at radius 3 is 2.42 bits per heavy atom. The number of hydrogen-bond acceptors (Lipinski definition) is 4. The molecule has 1 aliphatic carbocycles. The smallest absolute Gasteiger partial charge is 0.241 e. The van der Waals surface area contributed by atoms with Gasteiger partial charge in [-0.25, -0.2) is 13.1 Å². The maximum Gasteiger partial charge on any atom is 0.241 e. The first kappa shape index (κ1) is 23.8. The summed E-state index contributed by atoms with van der Waals surface area (Å²) in [7, 11) is -3.76. The molecule has 31 heavy (non-hydrogen) atoms. The molecule has 0 bridgehead atoms. The van der Waals surface area contributed by atoms with Crippen LogP contribution < -0.4 is 10.0 Å². The van der Waals surface area contributed by atoms with Crippen LogP contribution in [0.3, 0.4) is 0 Å². The topological polar surface area (TPSA) is 75.3 Å². The highest BCUT2D eigenvalue weighted by Gasteiger charge is 2.23.